The van der Waals surface area contributed by atoms with E-state index in [0.717, 1.165) is 11.6 Å². The number of anilines is 1. The molecule has 0 unspecified atom stereocenters. The summed E-state index contributed by atoms with van der Waals surface area (Å²) in [5.74, 6) is 2.00. The second-order valence-electron chi connectivity index (χ2n) is 7.24. The number of hydrogen-bond acceptors (Lipinski definition) is 3. The van der Waals surface area contributed by atoms with E-state index >= 15 is 0 Å². The fourth-order valence-corrected chi connectivity index (χ4v) is 2.92. The molecule has 3 rings (SSSR count). The largest absolute Gasteiger partial charge is 0.496 e. The molecule has 1 aromatic heterocycles. The standard InChI is InChI=1S/C11H14O.C10H16N2/c1-12-11-8-4-6-9-5-2-3-7-10(9)11;1-10(2,3)8-5-6-9(11-4)12-7-8/h4,6,8H,2-3,5,7H2,1H3;5-7H,1-4H3,(H,11,12). The van der Waals surface area contributed by atoms with Gasteiger partial charge in [-0.25, -0.2) is 4.98 Å². The van der Waals surface area contributed by atoms with E-state index < -0.39 is 0 Å². The number of aryl methyl sites for hydroxylation is 1. The summed E-state index contributed by atoms with van der Waals surface area (Å²) in [6.45, 7) is 6.55. The predicted molar refractivity (Wildman–Crippen MR) is 102 cm³/mol. The van der Waals surface area contributed by atoms with Crippen LogP contribution in [-0.2, 0) is 18.3 Å². The van der Waals surface area contributed by atoms with Crippen molar-refractivity contribution in [2.45, 2.75) is 51.9 Å². The zero-order chi connectivity index (χ0) is 17.6. The molecule has 1 aromatic carbocycles. The van der Waals surface area contributed by atoms with E-state index in [4.69, 9.17) is 4.74 Å². The van der Waals surface area contributed by atoms with Crippen molar-refractivity contribution in [1.82, 2.24) is 4.98 Å². The molecule has 0 atom stereocenters. The maximum Gasteiger partial charge on any atom is 0.125 e. The van der Waals surface area contributed by atoms with Gasteiger partial charge in [0.05, 0.1) is 7.11 Å². The second kappa shape index (κ2) is 8.18. The Labute approximate surface area is 146 Å². The highest BCUT2D eigenvalue weighted by Crippen LogP contribution is 2.28. The molecule has 24 heavy (non-hydrogen) atoms. The van der Waals surface area contributed by atoms with Gasteiger partial charge in [0.25, 0.3) is 0 Å². The smallest absolute Gasteiger partial charge is 0.125 e. The van der Waals surface area contributed by atoms with Crippen LogP contribution in [0.4, 0.5) is 5.82 Å². The summed E-state index contributed by atoms with van der Waals surface area (Å²) < 4.78 is 5.31. The van der Waals surface area contributed by atoms with E-state index in [1.54, 1.807) is 7.11 Å². The molecule has 0 spiro atoms. The lowest BCUT2D eigenvalue weighted by atomic mass is 9.88. The normalized spacial score (nSPS) is 13.4. The van der Waals surface area contributed by atoms with Gasteiger partial charge in [0.15, 0.2) is 0 Å². The summed E-state index contributed by atoms with van der Waals surface area (Å²) >= 11 is 0. The van der Waals surface area contributed by atoms with Crippen LogP contribution in [0, 0.1) is 0 Å². The Balaban J connectivity index is 0.000000174. The SMILES string of the molecule is CNc1ccc(C(C)(C)C)cn1.COc1cccc2c1CCCC2. The van der Waals surface area contributed by atoms with Crippen LogP contribution >= 0.6 is 0 Å². The van der Waals surface area contributed by atoms with E-state index in [9.17, 15) is 0 Å². The first-order valence-electron chi connectivity index (χ1n) is 8.74. The Morgan fingerprint density at radius 2 is 1.79 bits per heavy atom. The first-order chi connectivity index (χ1) is 11.5. The Morgan fingerprint density at radius 3 is 2.38 bits per heavy atom. The van der Waals surface area contributed by atoms with Crippen molar-refractivity contribution in [2.75, 3.05) is 19.5 Å². The predicted octanol–water partition coefficient (Wildman–Crippen LogP) is 4.99. The summed E-state index contributed by atoms with van der Waals surface area (Å²) in [5.41, 5.74) is 4.38. The van der Waals surface area contributed by atoms with E-state index in [2.05, 4.69) is 55.3 Å². The van der Waals surface area contributed by atoms with Crippen molar-refractivity contribution in [3.63, 3.8) is 0 Å². The first-order valence-corrected chi connectivity index (χ1v) is 8.74. The average Bonchev–Trinajstić information content (AvgIpc) is 2.61. The van der Waals surface area contributed by atoms with Crippen LogP contribution in [0.25, 0.3) is 0 Å². The minimum absolute atomic E-state index is 0.194. The molecule has 1 N–H and O–H groups in total. The summed E-state index contributed by atoms with van der Waals surface area (Å²) in [6.07, 6.45) is 6.99. The number of fused-ring (bicyclic) bond motifs is 1. The number of rotatable bonds is 2. The van der Waals surface area contributed by atoms with Gasteiger partial charge in [-0.05, 0) is 59.9 Å². The van der Waals surface area contributed by atoms with E-state index in [1.807, 2.05) is 19.3 Å². The maximum atomic E-state index is 5.31. The first kappa shape index (κ1) is 18.3. The molecule has 0 aliphatic heterocycles. The molecule has 0 radical (unpaired) electrons. The number of aromatic nitrogens is 1. The number of ether oxygens (including phenoxy) is 1. The molecule has 3 heteroatoms. The minimum atomic E-state index is 0.194. The molecule has 0 fully saturated rings. The zero-order valence-electron chi connectivity index (χ0n) is 15.6. The molecular weight excluding hydrogens is 296 g/mol. The van der Waals surface area contributed by atoms with E-state index in [0.29, 0.717) is 0 Å². The molecule has 130 valence electrons. The number of benzene rings is 1. The van der Waals surface area contributed by atoms with Gasteiger partial charge < -0.3 is 10.1 Å². The Morgan fingerprint density at radius 1 is 1.04 bits per heavy atom. The second-order valence-corrected chi connectivity index (χ2v) is 7.24. The summed E-state index contributed by atoms with van der Waals surface area (Å²) in [7, 11) is 3.63. The van der Waals surface area contributed by atoms with Gasteiger partial charge in [0.2, 0.25) is 0 Å². The third kappa shape index (κ3) is 4.73. The monoisotopic (exact) mass is 326 g/mol. The topological polar surface area (TPSA) is 34.2 Å². The van der Waals surface area contributed by atoms with Crippen LogP contribution in [0.5, 0.6) is 5.75 Å². The lowest BCUT2D eigenvalue weighted by molar-refractivity contribution is 0.406. The zero-order valence-corrected chi connectivity index (χ0v) is 15.6. The van der Waals surface area contributed by atoms with Gasteiger partial charge in [-0.15, -0.1) is 0 Å². The van der Waals surface area contributed by atoms with Gasteiger partial charge in [-0.2, -0.15) is 0 Å². The third-order valence-corrected chi connectivity index (χ3v) is 4.46. The Hall–Kier alpha value is -2.03. The molecular formula is C21H30N2O. The van der Waals surface area contributed by atoms with Crippen LogP contribution in [0.3, 0.4) is 0 Å². The highest BCUT2D eigenvalue weighted by atomic mass is 16.5. The van der Waals surface area contributed by atoms with Crippen LogP contribution < -0.4 is 10.1 Å². The van der Waals surface area contributed by atoms with Crippen LogP contribution in [0.2, 0.25) is 0 Å². The van der Waals surface area contributed by atoms with Crippen molar-refractivity contribution >= 4 is 5.82 Å². The quantitative estimate of drug-likeness (QED) is 0.843. The van der Waals surface area contributed by atoms with Gasteiger partial charge in [0.1, 0.15) is 11.6 Å². The minimum Gasteiger partial charge on any atom is -0.496 e. The van der Waals surface area contributed by atoms with Gasteiger partial charge in [-0.1, -0.05) is 39.0 Å². The Bertz CT molecular complexity index is 628. The molecule has 0 amide bonds. The third-order valence-electron chi connectivity index (χ3n) is 4.46. The van der Waals surface area contributed by atoms with Crippen molar-refractivity contribution in [1.29, 1.82) is 0 Å². The number of pyridine rings is 1. The summed E-state index contributed by atoms with van der Waals surface area (Å²) in [4.78, 5) is 4.25. The molecule has 1 aliphatic rings. The van der Waals surface area contributed by atoms with Crippen LogP contribution in [0.1, 0.15) is 50.3 Å². The molecule has 2 aromatic rings. The van der Waals surface area contributed by atoms with Crippen molar-refractivity contribution in [3.05, 3.63) is 53.2 Å². The molecule has 1 heterocycles. The highest BCUT2D eigenvalue weighted by Gasteiger charge is 2.13. The molecule has 0 saturated heterocycles. The summed E-state index contributed by atoms with van der Waals surface area (Å²) in [5, 5.41) is 2.99. The van der Waals surface area contributed by atoms with Crippen LogP contribution in [-0.4, -0.2) is 19.1 Å². The van der Waals surface area contributed by atoms with Gasteiger partial charge >= 0.3 is 0 Å². The molecule has 0 bridgehead atoms. The molecule has 0 saturated carbocycles. The summed E-state index contributed by atoms with van der Waals surface area (Å²) in [6, 6.07) is 10.5. The highest BCUT2D eigenvalue weighted by molar-refractivity contribution is 5.41. The number of nitrogens with zero attached hydrogens (tertiary/aromatic N) is 1. The maximum absolute atomic E-state index is 5.31. The lowest BCUT2D eigenvalue weighted by Crippen LogP contribution is -2.11. The number of nitrogens with one attached hydrogen (secondary N) is 1. The van der Waals surface area contributed by atoms with Gasteiger partial charge in [0, 0.05) is 13.2 Å². The van der Waals surface area contributed by atoms with Gasteiger partial charge in [-0.3, -0.25) is 0 Å². The average molecular weight is 326 g/mol. The molecule has 3 nitrogen and oxygen atoms in total. The van der Waals surface area contributed by atoms with Crippen molar-refractivity contribution in [2.24, 2.45) is 0 Å². The van der Waals surface area contributed by atoms with E-state index in [1.165, 1.54) is 42.4 Å². The fourth-order valence-electron chi connectivity index (χ4n) is 2.92. The lowest BCUT2D eigenvalue weighted by Gasteiger charge is -2.18. The number of hydrogen-bond donors (Lipinski definition) is 1. The fraction of sp³-hybridized carbons (Fsp3) is 0.476. The molecule has 1 aliphatic carbocycles. The number of methoxy groups -OCH3 is 1. The van der Waals surface area contributed by atoms with E-state index in [-0.39, 0.29) is 5.41 Å². The Kier molecular flexibility index (Phi) is 6.24. The van der Waals surface area contributed by atoms with Crippen molar-refractivity contribution < 1.29 is 4.74 Å². The van der Waals surface area contributed by atoms with Crippen molar-refractivity contribution in [3.8, 4) is 5.75 Å². The van der Waals surface area contributed by atoms with Crippen LogP contribution in [0.15, 0.2) is 36.5 Å².